The molecule has 0 saturated heterocycles. The maximum absolute atomic E-state index is 11.9. The molecular formula is C12H19N3O3S. The smallest absolute Gasteiger partial charge is 0.240 e. The fraction of sp³-hybridized carbons (Fsp3) is 0.417. The summed E-state index contributed by atoms with van der Waals surface area (Å²) in [6.07, 6.45) is 1.44. The van der Waals surface area contributed by atoms with E-state index in [1.54, 1.807) is 19.2 Å². The molecule has 0 fully saturated rings. The van der Waals surface area contributed by atoms with E-state index in [2.05, 4.69) is 10.0 Å². The molecule has 0 aliphatic heterocycles. The minimum atomic E-state index is -3.48. The molecule has 1 amide bonds. The SMILES string of the molecule is CNc1ccc(S(=O)(=O)NCCCCC(N)=O)cc1. The average Bonchev–Trinajstić information content (AvgIpc) is 2.38. The number of nitrogens with one attached hydrogen (secondary N) is 2. The highest BCUT2D eigenvalue weighted by Gasteiger charge is 2.12. The van der Waals surface area contributed by atoms with Crippen molar-refractivity contribution in [2.75, 3.05) is 18.9 Å². The highest BCUT2D eigenvalue weighted by atomic mass is 32.2. The first-order chi connectivity index (χ1) is 8.95. The summed E-state index contributed by atoms with van der Waals surface area (Å²) >= 11 is 0. The molecule has 6 nitrogen and oxygen atoms in total. The van der Waals surface area contributed by atoms with Crippen LogP contribution in [0.25, 0.3) is 0 Å². The second-order valence-corrected chi connectivity index (χ2v) is 5.86. The molecule has 0 heterocycles. The zero-order valence-corrected chi connectivity index (χ0v) is 11.7. The van der Waals surface area contributed by atoms with Gasteiger partial charge in [-0.1, -0.05) is 0 Å². The fourth-order valence-electron chi connectivity index (χ4n) is 1.51. The number of rotatable bonds is 8. The molecule has 0 aliphatic carbocycles. The van der Waals surface area contributed by atoms with Gasteiger partial charge in [0, 0.05) is 25.7 Å². The number of unbranched alkanes of at least 4 members (excludes halogenated alkanes) is 1. The van der Waals surface area contributed by atoms with Gasteiger partial charge >= 0.3 is 0 Å². The Morgan fingerprint density at radius 3 is 2.37 bits per heavy atom. The molecule has 7 heteroatoms. The first-order valence-electron chi connectivity index (χ1n) is 6.01. The first-order valence-corrected chi connectivity index (χ1v) is 7.50. The number of hydrogen-bond donors (Lipinski definition) is 3. The van der Waals surface area contributed by atoms with Crippen molar-refractivity contribution in [1.82, 2.24) is 4.72 Å². The van der Waals surface area contributed by atoms with E-state index < -0.39 is 10.0 Å². The lowest BCUT2D eigenvalue weighted by Gasteiger charge is -2.07. The lowest BCUT2D eigenvalue weighted by Crippen LogP contribution is -2.25. The Morgan fingerprint density at radius 2 is 1.84 bits per heavy atom. The maximum atomic E-state index is 11.9. The summed E-state index contributed by atoms with van der Waals surface area (Å²) in [5, 5.41) is 2.92. The number of amides is 1. The van der Waals surface area contributed by atoms with E-state index in [1.165, 1.54) is 12.1 Å². The Bertz CT molecular complexity index is 512. The van der Waals surface area contributed by atoms with Crippen molar-refractivity contribution in [2.24, 2.45) is 5.73 Å². The Kier molecular flexibility index (Phi) is 5.78. The van der Waals surface area contributed by atoms with Crippen molar-refractivity contribution in [1.29, 1.82) is 0 Å². The van der Waals surface area contributed by atoms with E-state index in [-0.39, 0.29) is 17.2 Å². The van der Waals surface area contributed by atoms with Crippen LogP contribution in [0, 0.1) is 0 Å². The number of hydrogen-bond acceptors (Lipinski definition) is 4. The molecular weight excluding hydrogens is 266 g/mol. The lowest BCUT2D eigenvalue weighted by atomic mass is 10.2. The van der Waals surface area contributed by atoms with Crippen molar-refractivity contribution in [3.05, 3.63) is 24.3 Å². The normalized spacial score (nSPS) is 11.2. The van der Waals surface area contributed by atoms with Crippen LogP contribution >= 0.6 is 0 Å². The van der Waals surface area contributed by atoms with Gasteiger partial charge in [0.2, 0.25) is 15.9 Å². The highest BCUT2D eigenvalue weighted by molar-refractivity contribution is 7.89. The van der Waals surface area contributed by atoms with E-state index in [4.69, 9.17) is 5.73 Å². The van der Waals surface area contributed by atoms with Crippen LogP contribution in [0.1, 0.15) is 19.3 Å². The summed E-state index contributed by atoms with van der Waals surface area (Å²) in [5.41, 5.74) is 5.84. The molecule has 0 atom stereocenters. The Labute approximate surface area is 113 Å². The van der Waals surface area contributed by atoms with Gasteiger partial charge in [0.25, 0.3) is 0 Å². The molecule has 0 spiro atoms. The number of carbonyl (C=O) groups excluding carboxylic acids is 1. The van der Waals surface area contributed by atoms with Crippen molar-refractivity contribution >= 4 is 21.6 Å². The Hall–Kier alpha value is -1.60. The zero-order valence-electron chi connectivity index (χ0n) is 10.8. The minimum Gasteiger partial charge on any atom is -0.388 e. The lowest BCUT2D eigenvalue weighted by molar-refractivity contribution is -0.118. The maximum Gasteiger partial charge on any atom is 0.240 e. The van der Waals surface area contributed by atoms with Crippen molar-refractivity contribution in [2.45, 2.75) is 24.2 Å². The standard InChI is InChI=1S/C12H19N3O3S/c1-14-10-5-7-11(8-6-10)19(17,18)15-9-3-2-4-12(13)16/h5-8,14-15H,2-4,9H2,1H3,(H2,13,16). The quantitative estimate of drug-likeness (QED) is 0.611. The number of sulfonamides is 1. The van der Waals surface area contributed by atoms with Crippen molar-refractivity contribution < 1.29 is 13.2 Å². The summed E-state index contributed by atoms with van der Waals surface area (Å²) < 4.78 is 26.3. The summed E-state index contributed by atoms with van der Waals surface area (Å²) in [6.45, 7) is 0.295. The number of carbonyl (C=O) groups is 1. The largest absolute Gasteiger partial charge is 0.388 e. The predicted octanol–water partition coefficient (Wildman–Crippen LogP) is 0.662. The third-order valence-electron chi connectivity index (χ3n) is 2.60. The van der Waals surface area contributed by atoms with Gasteiger partial charge < -0.3 is 11.1 Å². The molecule has 0 aliphatic rings. The molecule has 4 N–H and O–H groups in total. The van der Waals surface area contributed by atoms with Crippen LogP contribution in [0.5, 0.6) is 0 Å². The summed E-state index contributed by atoms with van der Waals surface area (Å²) in [7, 11) is -1.72. The first kappa shape index (κ1) is 15.5. The van der Waals surface area contributed by atoms with Gasteiger partial charge in [0.05, 0.1) is 4.90 Å². The zero-order chi connectivity index (χ0) is 14.3. The average molecular weight is 285 g/mol. The van der Waals surface area contributed by atoms with Gasteiger partial charge in [-0.15, -0.1) is 0 Å². The van der Waals surface area contributed by atoms with Crippen LogP contribution in [-0.2, 0) is 14.8 Å². The van der Waals surface area contributed by atoms with E-state index in [0.29, 0.717) is 19.4 Å². The summed E-state index contributed by atoms with van der Waals surface area (Å²) in [5.74, 6) is -0.370. The van der Waals surface area contributed by atoms with E-state index in [0.717, 1.165) is 5.69 Å². The van der Waals surface area contributed by atoms with Gasteiger partial charge in [-0.2, -0.15) is 0 Å². The van der Waals surface area contributed by atoms with Gasteiger partial charge in [0.1, 0.15) is 0 Å². The number of nitrogens with two attached hydrogens (primary N) is 1. The van der Waals surface area contributed by atoms with E-state index >= 15 is 0 Å². The predicted molar refractivity (Wildman–Crippen MR) is 74.2 cm³/mol. The number of benzene rings is 1. The van der Waals surface area contributed by atoms with Crippen molar-refractivity contribution in [3.8, 4) is 0 Å². The second kappa shape index (κ2) is 7.10. The van der Waals surface area contributed by atoms with Gasteiger partial charge in [-0.05, 0) is 37.1 Å². The van der Waals surface area contributed by atoms with Crippen molar-refractivity contribution in [3.63, 3.8) is 0 Å². The molecule has 0 bridgehead atoms. The number of primary amides is 1. The third kappa shape index (κ3) is 5.27. The third-order valence-corrected chi connectivity index (χ3v) is 4.07. The van der Waals surface area contributed by atoms with Gasteiger partial charge in [0.15, 0.2) is 0 Å². The summed E-state index contributed by atoms with van der Waals surface area (Å²) in [4.78, 5) is 10.7. The van der Waals surface area contributed by atoms with Crippen LogP contribution in [0.15, 0.2) is 29.2 Å². The van der Waals surface area contributed by atoms with Gasteiger partial charge in [-0.25, -0.2) is 13.1 Å². The van der Waals surface area contributed by atoms with Crippen LogP contribution in [-0.4, -0.2) is 27.9 Å². The molecule has 1 aromatic carbocycles. The Morgan fingerprint density at radius 1 is 1.21 bits per heavy atom. The van der Waals surface area contributed by atoms with Gasteiger partial charge in [-0.3, -0.25) is 4.79 Å². The van der Waals surface area contributed by atoms with E-state index in [9.17, 15) is 13.2 Å². The number of anilines is 1. The fourth-order valence-corrected chi connectivity index (χ4v) is 2.59. The monoisotopic (exact) mass is 285 g/mol. The topological polar surface area (TPSA) is 101 Å². The molecule has 1 rings (SSSR count). The molecule has 0 aromatic heterocycles. The van der Waals surface area contributed by atoms with Crippen LogP contribution in [0.3, 0.4) is 0 Å². The molecule has 1 aromatic rings. The summed E-state index contributed by atoms with van der Waals surface area (Å²) in [6, 6.07) is 6.47. The minimum absolute atomic E-state index is 0.224. The molecule has 106 valence electrons. The van der Waals surface area contributed by atoms with E-state index in [1.807, 2.05) is 0 Å². The van der Waals surface area contributed by atoms with Crippen LogP contribution < -0.4 is 15.8 Å². The molecule has 19 heavy (non-hydrogen) atoms. The Balaban J connectivity index is 2.48. The highest BCUT2D eigenvalue weighted by Crippen LogP contribution is 2.13. The molecule has 0 radical (unpaired) electrons. The van der Waals surface area contributed by atoms with Crippen LogP contribution in [0.4, 0.5) is 5.69 Å². The second-order valence-electron chi connectivity index (χ2n) is 4.10. The molecule has 0 unspecified atom stereocenters. The van der Waals surface area contributed by atoms with Crippen LogP contribution in [0.2, 0.25) is 0 Å². The molecule has 0 saturated carbocycles.